The van der Waals surface area contributed by atoms with Crippen molar-refractivity contribution < 1.29 is 33.6 Å². The first-order valence-corrected chi connectivity index (χ1v) is 11.1. The Labute approximate surface area is 176 Å². The summed E-state index contributed by atoms with van der Waals surface area (Å²) in [6, 6.07) is 0. The maximum Gasteiger partial charge on any atom is 0.102 e. The minimum absolute atomic E-state index is 0. The quantitative estimate of drug-likeness (QED) is 0.175. The van der Waals surface area contributed by atoms with Crippen molar-refractivity contribution in [1.29, 1.82) is 0 Å². The molecule has 0 bridgehead atoms. The van der Waals surface area contributed by atoms with Crippen LogP contribution in [0.5, 0.6) is 0 Å². The number of aliphatic hydroxyl groups is 1. The van der Waals surface area contributed by atoms with Crippen molar-refractivity contribution in [2.45, 2.75) is 110 Å². The van der Waals surface area contributed by atoms with E-state index in [0.29, 0.717) is 6.61 Å². The highest BCUT2D eigenvalue weighted by Crippen LogP contribution is 2.14. The third-order valence-corrected chi connectivity index (χ3v) is 5.32. The standard InChI is InChI=1S/C22H48NO.HI/c1-4-5-6-7-8-9-10-11-12-13-14-15-16-17-18-19-20-23(2,3)21-22-24;/h24H,4-22H2,1-3H3;1H/q+1;/p-1. The summed E-state index contributed by atoms with van der Waals surface area (Å²) in [6.07, 6.45) is 22.9. The number of likely N-dealkylation sites (N-methyl/N-ethyl adjacent to an activating group) is 1. The lowest BCUT2D eigenvalue weighted by atomic mass is 10.0. The van der Waals surface area contributed by atoms with E-state index in [1.807, 2.05) is 0 Å². The molecule has 3 heteroatoms. The lowest BCUT2D eigenvalue weighted by Gasteiger charge is -2.28. The Kier molecular flexibility index (Phi) is 23.4. The van der Waals surface area contributed by atoms with Crippen LogP contribution in [0.15, 0.2) is 0 Å². The van der Waals surface area contributed by atoms with E-state index in [4.69, 9.17) is 5.11 Å². The van der Waals surface area contributed by atoms with Gasteiger partial charge in [-0.3, -0.25) is 0 Å². The molecule has 0 aromatic heterocycles. The molecule has 0 aliphatic heterocycles. The van der Waals surface area contributed by atoms with Crippen LogP contribution in [0.25, 0.3) is 0 Å². The van der Waals surface area contributed by atoms with Crippen molar-refractivity contribution in [3.8, 4) is 0 Å². The summed E-state index contributed by atoms with van der Waals surface area (Å²) >= 11 is 0. The molecule has 0 unspecified atom stereocenters. The predicted octanol–water partition coefficient (Wildman–Crippen LogP) is 3.32. The number of hydrogen-bond donors (Lipinski definition) is 1. The largest absolute Gasteiger partial charge is 1.00 e. The van der Waals surface area contributed by atoms with Crippen molar-refractivity contribution >= 4 is 0 Å². The summed E-state index contributed by atoms with van der Waals surface area (Å²) in [5.74, 6) is 0. The molecule has 0 aliphatic carbocycles. The van der Waals surface area contributed by atoms with Crippen molar-refractivity contribution in [3.63, 3.8) is 0 Å². The van der Waals surface area contributed by atoms with E-state index in [0.717, 1.165) is 11.0 Å². The van der Waals surface area contributed by atoms with Gasteiger partial charge in [0.15, 0.2) is 0 Å². The van der Waals surface area contributed by atoms with E-state index in [9.17, 15) is 0 Å². The molecule has 0 saturated carbocycles. The lowest BCUT2D eigenvalue weighted by Crippen LogP contribution is -3.00. The van der Waals surface area contributed by atoms with Gasteiger partial charge < -0.3 is 33.6 Å². The van der Waals surface area contributed by atoms with Gasteiger partial charge in [0.25, 0.3) is 0 Å². The third kappa shape index (κ3) is 22.6. The molecule has 0 fully saturated rings. The molecule has 0 aliphatic rings. The van der Waals surface area contributed by atoms with Gasteiger partial charge in [-0.1, -0.05) is 96.8 Å². The molecular formula is C22H48INO. The van der Waals surface area contributed by atoms with Crippen LogP contribution < -0.4 is 24.0 Å². The van der Waals surface area contributed by atoms with Gasteiger partial charge in [-0.15, -0.1) is 0 Å². The SMILES string of the molecule is CCCCCCCCCCCCCCCCCC[N+](C)(C)CCO.[I-]. The molecule has 0 atom stereocenters. The zero-order valence-electron chi connectivity index (χ0n) is 17.7. The van der Waals surface area contributed by atoms with Crippen molar-refractivity contribution in [2.75, 3.05) is 33.8 Å². The zero-order valence-corrected chi connectivity index (χ0v) is 19.9. The molecule has 154 valence electrons. The van der Waals surface area contributed by atoms with Crippen LogP contribution in [-0.4, -0.2) is 43.4 Å². The lowest BCUT2D eigenvalue weighted by molar-refractivity contribution is -0.890. The average Bonchev–Trinajstić information content (AvgIpc) is 2.54. The molecule has 0 heterocycles. The molecule has 0 rings (SSSR count). The van der Waals surface area contributed by atoms with Crippen LogP contribution in [0.2, 0.25) is 0 Å². The number of unbranched alkanes of at least 4 members (excludes halogenated alkanes) is 15. The first kappa shape index (κ1) is 27.9. The number of quaternary nitrogens is 1. The van der Waals surface area contributed by atoms with Gasteiger partial charge in [-0.2, -0.15) is 0 Å². The zero-order chi connectivity index (χ0) is 17.9. The van der Waals surface area contributed by atoms with Crippen LogP contribution in [0, 0.1) is 0 Å². The van der Waals surface area contributed by atoms with E-state index >= 15 is 0 Å². The number of rotatable bonds is 19. The Morgan fingerprint density at radius 2 is 0.840 bits per heavy atom. The van der Waals surface area contributed by atoms with E-state index in [2.05, 4.69) is 21.0 Å². The number of halogens is 1. The minimum Gasteiger partial charge on any atom is -1.00 e. The highest BCUT2D eigenvalue weighted by Gasteiger charge is 2.12. The molecule has 25 heavy (non-hydrogen) atoms. The molecular weight excluding hydrogens is 421 g/mol. The van der Waals surface area contributed by atoms with Gasteiger partial charge in [0.05, 0.1) is 27.2 Å². The van der Waals surface area contributed by atoms with E-state index in [1.54, 1.807) is 0 Å². The summed E-state index contributed by atoms with van der Waals surface area (Å²) < 4.78 is 0.967. The number of nitrogens with zero attached hydrogens (tertiary/aromatic N) is 1. The summed E-state index contributed by atoms with van der Waals surface area (Å²) in [6.45, 7) is 4.70. The topological polar surface area (TPSA) is 20.2 Å². The Morgan fingerprint density at radius 1 is 0.520 bits per heavy atom. The minimum atomic E-state index is 0. The summed E-state index contributed by atoms with van der Waals surface area (Å²) in [4.78, 5) is 0. The second-order valence-electron chi connectivity index (χ2n) is 8.41. The smallest absolute Gasteiger partial charge is 0.102 e. The fourth-order valence-electron chi connectivity index (χ4n) is 3.47. The first-order valence-electron chi connectivity index (χ1n) is 11.1. The van der Waals surface area contributed by atoms with Gasteiger partial charge in [-0.05, 0) is 12.8 Å². The molecule has 0 aromatic rings. The predicted molar refractivity (Wildman–Crippen MR) is 108 cm³/mol. The van der Waals surface area contributed by atoms with Crippen LogP contribution in [-0.2, 0) is 0 Å². The fraction of sp³-hybridized carbons (Fsp3) is 1.00. The van der Waals surface area contributed by atoms with E-state index in [1.165, 1.54) is 109 Å². The number of aliphatic hydroxyl groups excluding tert-OH is 1. The maximum absolute atomic E-state index is 9.02. The second kappa shape index (κ2) is 21.0. The van der Waals surface area contributed by atoms with Crippen molar-refractivity contribution in [2.24, 2.45) is 0 Å². The summed E-state index contributed by atoms with van der Waals surface area (Å²) in [5, 5.41) is 9.02. The van der Waals surface area contributed by atoms with Gasteiger partial charge in [0.1, 0.15) is 6.54 Å². The second-order valence-corrected chi connectivity index (χ2v) is 8.41. The van der Waals surface area contributed by atoms with E-state index < -0.39 is 0 Å². The monoisotopic (exact) mass is 469 g/mol. The third-order valence-electron chi connectivity index (χ3n) is 5.32. The van der Waals surface area contributed by atoms with Gasteiger partial charge >= 0.3 is 0 Å². The van der Waals surface area contributed by atoms with Gasteiger partial charge in [-0.25, -0.2) is 0 Å². The molecule has 0 aromatic carbocycles. The maximum atomic E-state index is 9.02. The molecule has 1 N–H and O–H groups in total. The van der Waals surface area contributed by atoms with Crippen molar-refractivity contribution in [3.05, 3.63) is 0 Å². The Bertz CT molecular complexity index is 246. The Balaban J connectivity index is 0. The Morgan fingerprint density at radius 3 is 1.16 bits per heavy atom. The van der Waals surface area contributed by atoms with Gasteiger partial charge in [0, 0.05) is 0 Å². The Hall–Kier alpha value is 0.650. The first-order chi connectivity index (χ1) is 11.6. The van der Waals surface area contributed by atoms with Gasteiger partial charge in [0.2, 0.25) is 0 Å². The molecule has 0 amide bonds. The number of hydrogen-bond acceptors (Lipinski definition) is 1. The molecule has 0 saturated heterocycles. The fourth-order valence-corrected chi connectivity index (χ4v) is 3.47. The normalized spacial score (nSPS) is 11.5. The molecule has 0 spiro atoms. The summed E-state index contributed by atoms with van der Waals surface area (Å²) in [5.41, 5.74) is 0. The average molecular weight is 470 g/mol. The van der Waals surface area contributed by atoms with Crippen molar-refractivity contribution in [1.82, 2.24) is 0 Å². The van der Waals surface area contributed by atoms with Crippen LogP contribution in [0.3, 0.4) is 0 Å². The molecule has 2 nitrogen and oxygen atoms in total. The summed E-state index contributed by atoms with van der Waals surface area (Å²) in [7, 11) is 4.45. The highest BCUT2D eigenvalue weighted by atomic mass is 127. The molecule has 0 radical (unpaired) electrons. The van der Waals surface area contributed by atoms with Crippen LogP contribution in [0.1, 0.15) is 110 Å². The van der Waals surface area contributed by atoms with E-state index in [-0.39, 0.29) is 24.0 Å². The van der Waals surface area contributed by atoms with Crippen LogP contribution in [0.4, 0.5) is 0 Å². The highest BCUT2D eigenvalue weighted by molar-refractivity contribution is 4.50. The van der Waals surface area contributed by atoms with Crippen LogP contribution >= 0.6 is 0 Å².